The van der Waals surface area contributed by atoms with E-state index in [0.717, 1.165) is 5.56 Å². The summed E-state index contributed by atoms with van der Waals surface area (Å²) >= 11 is 12.0. The molecule has 0 bridgehead atoms. The maximum Gasteiger partial charge on any atom is 0.244 e. The Kier molecular flexibility index (Phi) is 5.85. The van der Waals surface area contributed by atoms with Crippen LogP contribution in [-0.2, 0) is 16.0 Å². The van der Waals surface area contributed by atoms with E-state index in [1.54, 1.807) is 39.1 Å². The minimum absolute atomic E-state index is 0.121. The minimum Gasteiger partial charge on any atom is -0.361 e. The highest BCUT2D eigenvalue weighted by Crippen LogP contribution is 2.29. The number of hydrogen-bond acceptors (Lipinski definition) is 4. The van der Waals surface area contributed by atoms with E-state index in [4.69, 9.17) is 27.7 Å². The molecule has 0 aliphatic rings. The molecule has 1 heterocycles. The van der Waals surface area contributed by atoms with Crippen molar-refractivity contribution in [2.75, 3.05) is 18.9 Å². The lowest BCUT2D eigenvalue weighted by Gasteiger charge is -2.17. The van der Waals surface area contributed by atoms with Crippen molar-refractivity contribution in [3.05, 3.63) is 45.3 Å². The van der Waals surface area contributed by atoms with Gasteiger partial charge in [-0.15, -0.1) is 0 Å². The fourth-order valence-electron chi connectivity index (χ4n) is 2.14. The second-order valence-corrected chi connectivity index (χ2v) is 6.19. The van der Waals surface area contributed by atoms with Crippen molar-refractivity contribution in [2.45, 2.75) is 20.3 Å². The molecular weight excluding hydrogens is 353 g/mol. The van der Waals surface area contributed by atoms with Gasteiger partial charge < -0.3 is 14.7 Å². The van der Waals surface area contributed by atoms with Gasteiger partial charge in [0.05, 0.1) is 34.4 Å². The first-order chi connectivity index (χ1) is 11.3. The summed E-state index contributed by atoms with van der Waals surface area (Å²) in [5.74, 6) is -0.00836. The van der Waals surface area contributed by atoms with Gasteiger partial charge in [-0.25, -0.2) is 0 Å². The second kappa shape index (κ2) is 7.68. The third-order valence-corrected chi connectivity index (χ3v) is 4.17. The van der Waals surface area contributed by atoms with E-state index in [-0.39, 0.29) is 24.8 Å². The lowest BCUT2D eigenvalue weighted by molar-refractivity contribution is -0.132. The van der Waals surface area contributed by atoms with E-state index in [1.165, 1.54) is 4.90 Å². The van der Waals surface area contributed by atoms with Crippen molar-refractivity contribution in [1.82, 2.24) is 10.1 Å². The predicted molar refractivity (Wildman–Crippen MR) is 92.4 cm³/mol. The molecule has 2 rings (SSSR count). The van der Waals surface area contributed by atoms with Crippen LogP contribution in [-0.4, -0.2) is 35.5 Å². The number of anilines is 1. The van der Waals surface area contributed by atoms with E-state index in [2.05, 4.69) is 10.5 Å². The van der Waals surface area contributed by atoms with Gasteiger partial charge in [-0.2, -0.15) is 0 Å². The predicted octanol–water partition coefficient (Wildman–Crippen LogP) is 3.24. The van der Waals surface area contributed by atoms with Crippen molar-refractivity contribution in [3.63, 3.8) is 0 Å². The third-order valence-electron chi connectivity index (χ3n) is 3.54. The molecule has 0 saturated heterocycles. The Morgan fingerprint density at radius 2 is 1.88 bits per heavy atom. The molecule has 24 heavy (non-hydrogen) atoms. The largest absolute Gasteiger partial charge is 0.361 e. The summed E-state index contributed by atoms with van der Waals surface area (Å²) in [6, 6.07) is 4.92. The number of nitrogens with one attached hydrogen (secondary N) is 1. The lowest BCUT2D eigenvalue weighted by Crippen LogP contribution is -2.36. The average Bonchev–Trinajstić information content (AvgIpc) is 2.83. The summed E-state index contributed by atoms with van der Waals surface area (Å²) in [4.78, 5) is 25.7. The van der Waals surface area contributed by atoms with Crippen LogP contribution in [0.4, 0.5) is 5.69 Å². The number of aryl methyl sites for hydroxylation is 2. The van der Waals surface area contributed by atoms with E-state index < -0.39 is 0 Å². The minimum atomic E-state index is -0.389. The zero-order valence-electron chi connectivity index (χ0n) is 13.5. The fourth-order valence-corrected chi connectivity index (χ4v) is 2.63. The van der Waals surface area contributed by atoms with Crippen LogP contribution in [0.5, 0.6) is 0 Å². The van der Waals surface area contributed by atoms with Crippen LogP contribution in [0.2, 0.25) is 10.0 Å². The SMILES string of the molecule is Cc1noc(C)c1CC(=O)N(C)CC(=O)Nc1c(Cl)cccc1Cl. The molecule has 8 heteroatoms. The summed E-state index contributed by atoms with van der Waals surface area (Å²) in [6.45, 7) is 3.39. The number of halogens is 2. The number of hydrogen-bond donors (Lipinski definition) is 1. The molecule has 0 aliphatic heterocycles. The van der Waals surface area contributed by atoms with Crippen LogP contribution in [0.1, 0.15) is 17.0 Å². The number of para-hydroxylation sites is 1. The number of aromatic nitrogens is 1. The number of likely N-dealkylation sites (N-methyl/N-ethyl adjacent to an activating group) is 1. The Hall–Kier alpha value is -2.05. The van der Waals surface area contributed by atoms with E-state index in [9.17, 15) is 9.59 Å². The Morgan fingerprint density at radius 1 is 1.25 bits per heavy atom. The first-order valence-electron chi connectivity index (χ1n) is 7.19. The maximum absolute atomic E-state index is 12.3. The molecule has 0 atom stereocenters. The van der Waals surface area contributed by atoms with Crippen LogP contribution in [0.25, 0.3) is 0 Å². The molecule has 1 aromatic heterocycles. The number of rotatable bonds is 5. The summed E-state index contributed by atoms with van der Waals surface area (Å²) in [6.07, 6.45) is 0.123. The quantitative estimate of drug-likeness (QED) is 0.877. The number of nitrogens with zero attached hydrogens (tertiary/aromatic N) is 2. The Morgan fingerprint density at radius 3 is 2.42 bits per heavy atom. The number of amides is 2. The van der Waals surface area contributed by atoms with E-state index in [0.29, 0.717) is 27.2 Å². The summed E-state index contributed by atoms with van der Waals surface area (Å²) < 4.78 is 5.03. The van der Waals surface area contributed by atoms with E-state index >= 15 is 0 Å². The van der Waals surface area contributed by atoms with Gasteiger partial charge in [0.15, 0.2) is 0 Å². The van der Waals surface area contributed by atoms with Crippen LogP contribution in [0, 0.1) is 13.8 Å². The standard InChI is InChI=1S/C16H17Cl2N3O3/c1-9-11(10(2)24-20-9)7-15(23)21(3)8-14(22)19-16-12(17)5-4-6-13(16)18/h4-6H,7-8H2,1-3H3,(H,19,22). The van der Waals surface area contributed by atoms with Crippen molar-refractivity contribution in [1.29, 1.82) is 0 Å². The highest BCUT2D eigenvalue weighted by molar-refractivity contribution is 6.39. The highest BCUT2D eigenvalue weighted by Gasteiger charge is 2.19. The number of carbonyl (C=O) groups excluding carboxylic acids is 2. The van der Waals surface area contributed by atoms with Gasteiger partial charge in [0.25, 0.3) is 0 Å². The summed E-state index contributed by atoms with van der Waals surface area (Å²) in [5.41, 5.74) is 1.74. The van der Waals surface area contributed by atoms with E-state index in [1.807, 2.05) is 0 Å². The van der Waals surface area contributed by atoms with Gasteiger partial charge in [0, 0.05) is 12.6 Å². The lowest BCUT2D eigenvalue weighted by atomic mass is 10.1. The molecule has 1 aromatic carbocycles. The molecule has 2 aromatic rings. The molecule has 0 aliphatic carbocycles. The van der Waals surface area contributed by atoms with Gasteiger partial charge in [-0.3, -0.25) is 9.59 Å². The molecule has 0 saturated carbocycles. The molecule has 0 unspecified atom stereocenters. The van der Waals surface area contributed by atoms with Crippen LogP contribution in [0.15, 0.2) is 22.7 Å². The molecule has 2 amide bonds. The number of benzene rings is 1. The van der Waals surface area contributed by atoms with Gasteiger partial charge >= 0.3 is 0 Å². The molecule has 0 fully saturated rings. The molecule has 0 spiro atoms. The number of carbonyl (C=O) groups is 2. The zero-order chi connectivity index (χ0) is 17.9. The second-order valence-electron chi connectivity index (χ2n) is 5.37. The average molecular weight is 370 g/mol. The van der Waals surface area contributed by atoms with Gasteiger partial charge in [-0.1, -0.05) is 34.4 Å². The van der Waals surface area contributed by atoms with Crippen LogP contribution >= 0.6 is 23.2 Å². The van der Waals surface area contributed by atoms with Crippen molar-refractivity contribution < 1.29 is 14.1 Å². The third kappa shape index (κ3) is 4.27. The maximum atomic E-state index is 12.3. The first-order valence-corrected chi connectivity index (χ1v) is 7.94. The van der Waals surface area contributed by atoms with Gasteiger partial charge in [0.2, 0.25) is 11.8 Å². The normalized spacial score (nSPS) is 10.5. The summed E-state index contributed by atoms with van der Waals surface area (Å²) in [7, 11) is 1.55. The molecule has 128 valence electrons. The highest BCUT2D eigenvalue weighted by atomic mass is 35.5. The van der Waals surface area contributed by atoms with Crippen LogP contribution < -0.4 is 5.32 Å². The molecule has 6 nitrogen and oxygen atoms in total. The van der Waals surface area contributed by atoms with Crippen LogP contribution in [0.3, 0.4) is 0 Å². The summed E-state index contributed by atoms with van der Waals surface area (Å²) in [5, 5.41) is 7.10. The Labute approximate surface area is 149 Å². The smallest absolute Gasteiger partial charge is 0.244 e. The fraction of sp³-hybridized carbons (Fsp3) is 0.312. The Balaban J connectivity index is 1.97. The monoisotopic (exact) mass is 369 g/mol. The molecule has 0 radical (unpaired) electrons. The topological polar surface area (TPSA) is 75.4 Å². The van der Waals surface area contributed by atoms with Crippen molar-refractivity contribution in [3.8, 4) is 0 Å². The van der Waals surface area contributed by atoms with Gasteiger partial charge in [0.1, 0.15) is 5.76 Å². The Bertz CT molecular complexity index is 734. The van der Waals surface area contributed by atoms with Crippen molar-refractivity contribution >= 4 is 40.7 Å². The zero-order valence-corrected chi connectivity index (χ0v) is 15.0. The first kappa shape index (κ1) is 18.3. The van der Waals surface area contributed by atoms with Crippen molar-refractivity contribution in [2.24, 2.45) is 0 Å². The molecule has 1 N–H and O–H groups in total. The molecular formula is C16H17Cl2N3O3. The van der Waals surface area contributed by atoms with Gasteiger partial charge in [-0.05, 0) is 26.0 Å².